The predicted octanol–water partition coefficient (Wildman–Crippen LogP) is 7.27. The Morgan fingerprint density at radius 3 is 1.85 bits per heavy atom. The van der Waals surface area contributed by atoms with Crippen molar-refractivity contribution in [3.05, 3.63) is 12.2 Å². The number of hydrogen-bond donors (Lipinski definition) is 0. The third kappa shape index (κ3) is 13.6. The average molecular weight is 464 g/mol. The number of unbranched alkanes of at least 4 members (excludes halogenated alkanes) is 11. The van der Waals surface area contributed by atoms with Crippen molar-refractivity contribution >= 4 is 17.8 Å². The van der Waals surface area contributed by atoms with E-state index in [9.17, 15) is 14.4 Å². The van der Waals surface area contributed by atoms with E-state index in [0.29, 0.717) is 12.8 Å². The molecule has 5 nitrogen and oxygen atoms in total. The highest BCUT2D eigenvalue weighted by atomic mass is 16.5. The van der Waals surface area contributed by atoms with Gasteiger partial charge in [-0.15, -0.1) is 0 Å². The summed E-state index contributed by atoms with van der Waals surface area (Å²) in [5.41, 5.74) is 0. The van der Waals surface area contributed by atoms with E-state index in [-0.39, 0.29) is 29.9 Å². The maximum absolute atomic E-state index is 12.3. The zero-order valence-electron chi connectivity index (χ0n) is 21.6. The van der Waals surface area contributed by atoms with E-state index in [0.717, 1.165) is 44.9 Å². The quantitative estimate of drug-likeness (QED) is 0.129. The van der Waals surface area contributed by atoms with Crippen molar-refractivity contribution in [2.45, 2.75) is 148 Å². The SMILES string of the molecule is CCCCCCCC/C=C\CCCCCCCC(=O)O[C@H]1CCCC[C@@H]1N(C(C)=O)C(C)=O. The monoisotopic (exact) mass is 463 g/mol. The first-order chi connectivity index (χ1) is 16.0. The van der Waals surface area contributed by atoms with Crippen molar-refractivity contribution in [3.8, 4) is 0 Å². The van der Waals surface area contributed by atoms with Crippen molar-refractivity contribution in [1.82, 2.24) is 4.90 Å². The van der Waals surface area contributed by atoms with E-state index in [1.165, 1.54) is 76.5 Å². The zero-order chi connectivity index (χ0) is 24.3. The van der Waals surface area contributed by atoms with E-state index in [1.807, 2.05) is 0 Å². The largest absolute Gasteiger partial charge is 0.460 e. The van der Waals surface area contributed by atoms with Crippen molar-refractivity contribution in [3.63, 3.8) is 0 Å². The number of amides is 2. The molecule has 1 saturated carbocycles. The van der Waals surface area contributed by atoms with Gasteiger partial charge in [-0.3, -0.25) is 19.3 Å². The van der Waals surface area contributed by atoms with Crippen LogP contribution in [0.1, 0.15) is 136 Å². The van der Waals surface area contributed by atoms with E-state index >= 15 is 0 Å². The topological polar surface area (TPSA) is 63.7 Å². The van der Waals surface area contributed by atoms with Gasteiger partial charge in [0.05, 0.1) is 6.04 Å². The molecular formula is C28H49NO4. The first-order valence-electron chi connectivity index (χ1n) is 13.6. The van der Waals surface area contributed by atoms with Crippen LogP contribution in [0.4, 0.5) is 0 Å². The summed E-state index contributed by atoms with van der Waals surface area (Å²) in [6.07, 6.45) is 24.0. The standard InChI is InChI=1S/C28H49NO4/c1-4-5-6-7-8-9-10-11-12-13-14-15-16-17-18-23-28(32)33-27-22-20-19-21-26(27)29(24(2)30)25(3)31/h11-12,26-27H,4-10,13-23H2,1-3H3/b12-11-/t26-,27-/m0/s1. The molecule has 1 aliphatic carbocycles. The molecule has 1 fully saturated rings. The lowest BCUT2D eigenvalue weighted by Crippen LogP contribution is -2.51. The van der Waals surface area contributed by atoms with Gasteiger partial charge >= 0.3 is 5.97 Å². The van der Waals surface area contributed by atoms with E-state index in [2.05, 4.69) is 19.1 Å². The molecule has 33 heavy (non-hydrogen) atoms. The van der Waals surface area contributed by atoms with E-state index < -0.39 is 0 Å². The summed E-state index contributed by atoms with van der Waals surface area (Å²) in [4.78, 5) is 37.4. The second-order valence-electron chi connectivity index (χ2n) is 9.62. The summed E-state index contributed by atoms with van der Waals surface area (Å²) >= 11 is 0. The van der Waals surface area contributed by atoms with Crippen molar-refractivity contribution in [2.75, 3.05) is 0 Å². The number of nitrogens with zero attached hydrogens (tertiary/aromatic N) is 1. The zero-order valence-corrected chi connectivity index (χ0v) is 21.6. The molecule has 0 unspecified atom stereocenters. The molecule has 0 N–H and O–H groups in total. The molecule has 0 radical (unpaired) electrons. The number of imide groups is 1. The Balaban J connectivity index is 2.09. The Kier molecular flexibility index (Phi) is 16.7. The van der Waals surface area contributed by atoms with Crippen LogP contribution in [0.5, 0.6) is 0 Å². The van der Waals surface area contributed by atoms with Crippen LogP contribution in [0.15, 0.2) is 12.2 Å². The molecule has 0 aromatic heterocycles. The molecule has 2 atom stereocenters. The number of carbonyl (C=O) groups excluding carboxylic acids is 3. The first kappa shape index (κ1) is 29.4. The summed E-state index contributed by atoms with van der Waals surface area (Å²) in [5, 5.41) is 0. The van der Waals surface area contributed by atoms with Crippen LogP contribution in [-0.4, -0.2) is 34.8 Å². The number of esters is 1. The second kappa shape index (κ2) is 18.7. The van der Waals surface area contributed by atoms with Crippen molar-refractivity contribution in [2.24, 2.45) is 0 Å². The fourth-order valence-electron chi connectivity index (χ4n) is 4.77. The molecule has 0 saturated heterocycles. The number of carbonyl (C=O) groups is 3. The average Bonchev–Trinajstić information content (AvgIpc) is 2.77. The molecule has 0 aromatic carbocycles. The van der Waals surface area contributed by atoms with Gasteiger partial charge in [-0.25, -0.2) is 0 Å². The van der Waals surface area contributed by atoms with Gasteiger partial charge in [-0.2, -0.15) is 0 Å². The van der Waals surface area contributed by atoms with Crippen LogP contribution < -0.4 is 0 Å². The van der Waals surface area contributed by atoms with Gasteiger partial charge in [0.15, 0.2) is 0 Å². The summed E-state index contributed by atoms with van der Waals surface area (Å²) < 4.78 is 5.71. The molecule has 2 amide bonds. The smallest absolute Gasteiger partial charge is 0.306 e. The highest BCUT2D eigenvalue weighted by molar-refractivity contribution is 5.93. The van der Waals surface area contributed by atoms with Crippen molar-refractivity contribution < 1.29 is 19.1 Å². The lowest BCUT2D eigenvalue weighted by Gasteiger charge is -2.37. The molecule has 190 valence electrons. The molecule has 0 bridgehead atoms. The predicted molar refractivity (Wildman–Crippen MR) is 135 cm³/mol. The fraction of sp³-hybridized carbons (Fsp3) is 0.821. The summed E-state index contributed by atoms with van der Waals surface area (Å²) in [7, 11) is 0. The van der Waals surface area contributed by atoms with Gasteiger partial charge in [-0.1, -0.05) is 76.9 Å². The maximum atomic E-state index is 12.3. The Labute approximate surface area is 202 Å². The van der Waals surface area contributed by atoms with Crippen LogP contribution >= 0.6 is 0 Å². The van der Waals surface area contributed by atoms with Crippen molar-refractivity contribution in [1.29, 1.82) is 0 Å². The normalized spacial score (nSPS) is 18.4. The van der Waals surface area contributed by atoms with Crippen LogP contribution in [0.2, 0.25) is 0 Å². The number of ether oxygens (including phenoxy) is 1. The minimum atomic E-state index is -0.359. The Bertz CT molecular complexity index is 572. The van der Waals surface area contributed by atoms with Gasteiger partial charge in [0.2, 0.25) is 11.8 Å². The van der Waals surface area contributed by atoms with Crippen LogP contribution in [0.3, 0.4) is 0 Å². The van der Waals surface area contributed by atoms with Gasteiger partial charge in [-0.05, 0) is 51.4 Å². The van der Waals surface area contributed by atoms with Gasteiger partial charge in [0, 0.05) is 20.3 Å². The molecule has 1 aliphatic rings. The minimum Gasteiger partial charge on any atom is -0.460 e. The molecule has 5 heteroatoms. The van der Waals surface area contributed by atoms with Crippen LogP contribution in [0, 0.1) is 0 Å². The lowest BCUT2D eigenvalue weighted by molar-refractivity contribution is -0.162. The van der Waals surface area contributed by atoms with E-state index in [4.69, 9.17) is 4.74 Å². The Hall–Kier alpha value is -1.65. The fourth-order valence-corrected chi connectivity index (χ4v) is 4.77. The number of allylic oxidation sites excluding steroid dienone is 2. The van der Waals surface area contributed by atoms with Gasteiger partial charge in [0.1, 0.15) is 6.10 Å². The maximum Gasteiger partial charge on any atom is 0.306 e. The number of hydrogen-bond acceptors (Lipinski definition) is 4. The molecule has 0 spiro atoms. The van der Waals surface area contributed by atoms with E-state index in [1.54, 1.807) is 0 Å². The highest BCUT2D eigenvalue weighted by Gasteiger charge is 2.36. The number of rotatable bonds is 17. The minimum absolute atomic E-state index is 0.198. The molecule has 0 heterocycles. The van der Waals surface area contributed by atoms with Gasteiger partial charge in [0.25, 0.3) is 0 Å². The summed E-state index contributed by atoms with van der Waals surface area (Å²) in [6.45, 7) is 5.06. The van der Waals surface area contributed by atoms with Crippen LogP contribution in [-0.2, 0) is 19.1 Å². The molecule has 0 aromatic rings. The molecule has 1 rings (SSSR count). The summed E-state index contributed by atoms with van der Waals surface area (Å²) in [5.74, 6) is -0.739. The Morgan fingerprint density at radius 1 is 0.758 bits per heavy atom. The molecular weight excluding hydrogens is 414 g/mol. The Morgan fingerprint density at radius 2 is 1.27 bits per heavy atom. The van der Waals surface area contributed by atoms with Gasteiger partial charge < -0.3 is 4.74 Å². The second-order valence-corrected chi connectivity index (χ2v) is 9.62. The molecule has 0 aliphatic heterocycles. The highest BCUT2D eigenvalue weighted by Crippen LogP contribution is 2.27. The third-order valence-electron chi connectivity index (χ3n) is 6.60. The third-order valence-corrected chi connectivity index (χ3v) is 6.60. The van der Waals surface area contributed by atoms with Crippen LogP contribution in [0.25, 0.3) is 0 Å². The first-order valence-corrected chi connectivity index (χ1v) is 13.6. The lowest BCUT2D eigenvalue weighted by atomic mass is 9.91. The summed E-state index contributed by atoms with van der Waals surface area (Å²) in [6, 6.07) is -0.313.